The summed E-state index contributed by atoms with van der Waals surface area (Å²) in [5.41, 5.74) is 0.208. The molecule has 82 valence electrons. The summed E-state index contributed by atoms with van der Waals surface area (Å²) in [7, 11) is 0.0693. The van der Waals surface area contributed by atoms with Gasteiger partial charge in [0.05, 0.1) is 0 Å². The predicted octanol–water partition coefficient (Wildman–Crippen LogP) is 3.13. The standard InChI is InChI=1S/C11H23BO2/c1-4-5-6-7-8-12-13-9-11(2,3)10-14-12/h4-10H2,1-3H3. The highest BCUT2D eigenvalue weighted by molar-refractivity contribution is 6.44. The molecule has 1 rings (SSSR count). The summed E-state index contributed by atoms with van der Waals surface area (Å²) in [6, 6.07) is 0. The fraction of sp³-hybridized carbons (Fsp3) is 1.00. The Hall–Kier alpha value is -0.0151. The Labute approximate surface area is 88.5 Å². The van der Waals surface area contributed by atoms with Crippen LogP contribution in [0.15, 0.2) is 0 Å². The van der Waals surface area contributed by atoms with Crippen LogP contribution < -0.4 is 0 Å². The number of hydrogen-bond acceptors (Lipinski definition) is 2. The first-order valence-corrected chi connectivity index (χ1v) is 5.87. The maximum Gasteiger partial charge on any atom is 0.456 e. The Kier molecular flexibility index (Phi) is 4.97. The van der Waals surface area contributed by atoms with Crippen molar-refractivity contribution in [3.05, 3.63) is 0 Å². The van der Waals surface area contributed by atoms with Gasteiger partial charge in [0.2, 0.25) is 0 Å². The lowest BCUT2D eigenvalue weighted by atomic mass is 9.78. The van der Waals surface area contributed by atoms with E-state index in [4.69, 9.17) is 9.31 Å². The van der Waals surface area contributed by atoms with Crippen LogP contribution in [-0.2, 0) is 9.31 Å². The molecule has 1 heterocycles. The van der Waals surface area contributed by atoms with Crippen LogP contribution in [0.2, 0.25) is 6.32 Å². The fourth-order valence-corrected chi connectivity index (χ4v) is 1.63. The van der Waals surface area contributed by atoms with E-state index < -0.39 is 0 Å². The summed E-state index contributed by atoms with van der Waals surface area (Å²) in [4.78, 5) is 0. The van der Waals surface area contributed by atoms with Crippen LogP contribution in [-0.4, -0.2) is 20.3 Å². The third-order valence-electron chi connectivity index (χ3n) is 2.61. The second-order valence-electron chi connectivity index (χ2n) is 5.07. The molecule has 0 N–H and O–H groups in total. The summed E-state index contributed by atoms with van der Waals surface area (Å²) in [5, 5.41) is 0. The minimum atomic E-state index is 0.0693. The molecule has 0 aliphatic carbocycles. The van der Waals surface area contributed by atoms with Crippen LogP contribution in [0.1, 0.15) is 46.5 Å². The molecule has 14 heavy (non-hydrogen) atoms. The van der Waals surface area contributed by atoms with Gasteiger partial charge in [-0.3, -0.25) is 0 Å². The monoisotopic (exact) mass is 198 g/mol. The van der Waals surface area contributed by atoms with Crippen molar-refractivity contribution >= 4 is 7.12 Å². The van der Waals surface area contributed by atoms with Gasteiger partial charge in [0.15, 0.2) is 0 Å². The molecule has 0 spiro atoms. The molecule has 2 nitrogen and oxygen atoms in total. The smallest absolute Gasteiger partial charge is 0.410 e. The lowest BCUT2D eigenvalue weighted by molar-refractivity contribution is 0.0280. The Bertz CT molecular complexity index is 149. The third-order valence-corrected chi connectivity index (χ3v) is 2.61. The quantitative estimate of drug-likeness (QED) is 0.499. The minimum Gasteiger partial charge on any atom is -0.410 e. The Morgan fingerprint density at radius 1 is 1.07 bits per heavy atom. The normalized spacial score (nSPS) is 21.2. The molecule has 0 amide bonds. The van der Waals surface area contributed by atoms with Gasteiger partial charge < -0.3 is 9.31 Å². The number of rotatable bonds is 5. The van der Waals surface area contributed by atoms with Crippen molar-refractivity contribution in [2.45, 2.75) is 52.8 Å². The molecule has 0 aromatic heterocycles. The van der Waals surface area contributed by atoms with Crippen molar-refractivity contribution in [2.24, 2.45) is 5.41 Å². The van der Waals surface area contributed by atoms with E-state index >= 15 is 0 Å². The van der Waals surface area contributed by atoms with E-state index in [1.807, 2.05) is 0 Å². The zero-order valence-corrected chi connectivity index (χ0v) is 9.84. The third kappa shape index (κ3) is 4.47. The lowest BCUT2D eigenvalue weighted by Gasteiger charge is -2.33. The van der Waals surface area contributed by atoms with Gasteiger partial charge in [-0.25, -0.2) is 0 Å². The van der Waals surface area contributed by atoms with Crippen LogP contribution >= 0.6 is 0 Å². The molecule has 1 aliphatic rings. The summed E-state index contributed by atoms with van der Waals surface area (Å²) < 4.78 is 11.3. The molecule has 1 saturated heterocycles. The van der Waals surface area contributed by atoms with Gasteiger partial charge in [-0.05, 0) is 6.32 Å². The van der Waals surface area contributed by atoms with E-state index in [0.29, 0.717) is 0 Å². The summed E-state index contributed by atoms with van der Waals surface area (Å²) in [6.45, 7) is 8.27. The maximum absolute atomic E-state index is 5.65. The lowest BCUT2D eigenvalue weighted by Crippen LogP contribution is -2.40. The molecule has 0 bridgehead atoms. The zero-order chi connectivity index (χ0) is 10.4. The van der Waals surface area contributed by atoms with Crippen LogP contribution in [0.25, 0.3) is 0 Å². The summed E-state index contributed by atoms with van der Waals surface area (Å²) in [6.07, 6.45) is 6.23. The zero-order valence-electron chi connectivity index (χ0n) is 9.84. The van der Waals surface area contributed by atoms with Gasteiger partial charge in [-0.1, -0.05) is 46.5 Å². The SMILES string of the molecule is CCCCCCB1OCC(C)(C)CO1. The molecule has 0 unspecified atom stereocenters. The summed E-state index contributed by atoms with van der Waals surface area (Å²) in [5.74, 6) is 0. The second kappa shape index (κ2) is 5.77. The van der Waals surface area contributed by atoms with Crippen molar-refractivity contribution in [1.82, 2.24) is 0 Å². The Morgan fingerprint density at radius 2 is 1.71 bits per heavy atom. The van der Waals surface area contributed by atoms with E-state index in [2.05, 4.69) is 20.8 Å². The van der Waals surface area contributed by atoms with Gasteiger partial charge in [0.25, 0.3) is 0 Å². The highest BCUT2D eigenvalue weighted by atomic mass is 16.6. The van der Waals surface area contributed by atoms with Gasteiger partial charge in [-0.15, -0.1) is 0 Å². The minimum absolute atomic E-state index is 0.0693. The summed E-state index contributed by atoms with van der Waals surface area (Å²) >= 11 is 0. The van der Waals surface area contributed by atoms with Crippen molar-refractivity contribution in [2.75, 3.05) is 13.2 Å². The van der Waals surface area contributed by atoms with E-state index in [0.717, 1.165) is 19.5 Å². The Morgan fingerprint density at radius 3 is 2.29 bits per heavy atom. The Balaban J connectivity index is 2.04. The molecule has 0 radical (unpaired) electrons. The van der Waals surface area contributed by atoms with Crippen LogP contribution in [0, 0.1) is 5.41 Å². The first-order chi connectivity index (χ1) is 6.64. The molecule has 3 heteroatoms. The molecule has 0 aromatic carbocycles. The van der Waals surface area contributed by atoms with Gasteiger partial charge in [0.1, 0.15) is 0 Å². The maximum atomic E-state index is 5.65. The molecular formula is C11H23BO2. The van der Waals surface area contributed by atoms with Crippen LogP contribution in [0.4, 0.5) is 0 Å². The van der Waals surface area contributed by atoms with Crippen molar-refractivity contribution in [3.63, 3.8) is 0 Å². The van der Waals surface area contributed by atoms with Crippen LogP contribution in [0.5, 0.6) is 0 Å². The highest BCUT2D eigenvalue weighted by Crippen LogP contribution is 2.23. The van der Waals surface area contributed by atoms with Crippen molar-refractivity contribution < 1.29 is 9.31 Å². The number of hydrogen-bond donors (Lipinski definition) is 0. The molecule has 1 fully saturated rings. The predicted molar refractivity (Wildman–Crippen MR) is 60.4 cm³/mol. The molecule has 1 aliphatic heterocycles. The van der Waals surface area contributed by atoms with Crippen molar-refractivity contribution in [1.29, 1.82) is 0 Å². The van der Waals surface area contributed by atoms with Gasteiger partial charge in [-0.2, -0.15) is 0 Å². The van der Waals surface area contributed by atoms with E-state index in [1.54, 1.807) is 0 Å². The van der Waals surface area contributed by atoms with E-state index in [9.17, 15) is 0 Å². The van der Waals surface area contributed by atoms with Gasteiger partial charge >= 0.3 is 7.12 Å². The highest BCUT2D eigenvalue weighted by Gasteiger charge is 2.31. The molecule has 0 aromatic rings. The fourth-order valence-electron chi connectivity index (χ4n) is 1.63. The van der Waals surface area contributed by atoms with Gasteiger partial charge in [0, 0.05) is 18.6 Å². The van der Waals surface area contributed by atoms with Crippen molar-refractivity contribution in [3.8, 4) is 0 Å². The average Bonchev–Trinajstić information content (AvgIpc) is 2.15. The molecular weight excluding hydrogens is 175 g/mol. The van der Waals surface area contributed by atoms with Crippen LogP contribution in [0.3, 0.4) is 0 Å². The van der Waals surface area contributed by atoms with E-state index in [1.165, 1.54) is 25.7 Å². The largest absolute Gasteiger partial charge is 0.456 e. The second-order valence-corrected chi connectivity index (χ2v) is 5.07. The average molecular weight is 198 g/mol. The first-order valence-electron chi connectivity index (χ1n) is 5.87. The number of unbranched alkanes of at least 4 members (excludes halogenated alkanes) is 3. The first kappa shape index (κ1) is 12.1. The van der Waals surface area contributed by atoms with E-state index in [-0.39, 0.29) is 12.5 Å². The molecule has 0 saturated carbocycles. The molecule has 0 atom stereocenters. The topological polar surface area (TPSA) is 18.5 Å².